The van der Waals surface area contributed by atoms with Crippen LogP contribution in [0.4, 0.5) is 18.9 Å². The van der Waals surface area contributed by atoms with Gasteiger partial charge in [-0.3, -0.25) is 9.59 Å². The molecule has 1 N–H and O–H groups in total. The maximum Gasteiger partial charge on any atom is 0.416 e. The van der Waals surface area contributed by atoms with Crippen molar-refractivity contribution < 1.29 is 32.6 Å². The van der Waals surface area contributed by atoms with E-state index in [9.17, 15) is 22.8 Å². The molecule has 0 atom stereocenters. The second-order valence-electron chi connectivity index (χ2n) is 6.00. The number of halogens is 3. The van der Waals surface area contributed by atoms with Gasteiger partial charge in [0.1, 0.15) is 5.75 Å². The minimum atomic E-state index is -4.61. The van der Waals surface area contributed by atoms with Gasteiger partial charge in [-0.25, -0.2) is 4.90 Å². The summed E-state index contributed by atoms with van der Waals surface area (Å²) in [5.41, 5.74) is -0.619. The summed E-state index contributed by atoms with van der Waals surface area (Å²) >= 11 is 0.981. The molecule has 0 saturated carbocycles. The number of benzene rings is 2. The van der Waals surface area contributed by atoms with Gasteiger partial charge in [0.15, 0.2) is 0 Å². The van der Waals surface area contributed by atoms with Crippen molar-refractivity contribution in [1.82, 2.24) is 0 Å². The number of anilines is 1. The molecule has 2 aromatic carbocycles. The van der Waals surface area contributed by atoms with E-state index in [1.165, 1.54) is 13.2 Å². The third-order valence-electron chi connectivity index (χ3n) is 4.19. The zero-order valence-electron chi connectivity index (χ0n) is 15.2. The van der Waals surface area contributed by atoms with E-state index < -0.39 is 23.6 Å². The van der Waals surface area contributed by atoms with Crippen LogP contribution in [0.5, 0.6) is 5.75 Å². The number of hydrogen-bond donors (Lipinski definition) is 1. The van der Waals surface area contributed by atoms with Crippen LogP contribution < -0.4 is 9.64 Å². The minimum Gasteiger partial charge on any atom is -0.497 e. The van der Waals surface area contributed by atoms with Gasteiger partial charge in [-0.15, -0.1) is 11.8 Å². The van der Waals surface area contributed by atoms with Crippen LogP contribution >= 0.6 is 11.8 Å². The summed E-state index contributed by atoms with van der Waals surface area (Å²) in [4.78, 5) is 26.8. The van der Waals surface area contributed by atoms with Crippen molar-refractivity contribution in [3.8, 4) is 5.75 Å². The molecule has 0 radical (unpaired) electrons. The Labute approximate surface area is 168 Å². The Morgan fingerprint density at radius 1 is 1.07 bits per heavy atom. The highest BCUT2D eigenvalue weighted by Gasteiger charge is 2.41. The van der Waals surface area contributed by atoms with E-state index in [2.05, 4.69) is 0 Å². The first-order chi connectivity index (χ1) is 13.8. The lowest BCUT2D eigenvalue weighted by molar-refractivity contribution is -0.137. The average molecular weight is 423 g/mol. The number of rotatable bonds is 6. The maximum absolute atomic E-state index is 13.1. The third-order valence-corrected chi connectivity index (χ3v) is 5.24. The number of methoxy groups -OCH3 is 1. The molecular formula is C20H16F3NO4S. The normalized spacial score (nSPS) is 14.7. The van der Waals surface area contributed by atoms with Gasteiger partial charge in [-0.05, 0) is 35.9 Å². The Morgan fingerprint density at radius 3 is 2.34 bits per heavy atom. The van der Waals surface area contributed by atoms with Crippen molar-refractivity contribution in [2.24, 2.45) is 0 Å². The highest BCUT2D eigenvalue weighted by molar-refractivity contribution is 8.04. The third kappa shape index (κ3) is 4.15. The van der Waals surface area contributed by atoms with Crippen molar-refractivity contribution in [2.45, 2.75) is 6.18 Å². The molecule has 1 aliphatic rings. The van der Waals surface area contributed by atoms with E-state index in [1.54, 1.807) is 24.3 Å². The van der Waals surface area contributed by atoms with Crippen molar-refractivity contribution in [3.05, 3.63) is 64.6 Å². The van der Waals surface area contributed by atoms with Gasteiger partial charge in [-0.1, -0.05) is 18.2 Å². The minimum absolute atomic E-state index is 0.0756. The number of thioether (sulfide) groups is 1. The quantitative estimate of drug-likeness (QED) is 0.718. The zero-order chi connectivity index (χ0) is 21.2. The molecule has 5 nitrogen and oxygen atoms in total. The van der Waals surface area contributed by atoms with Gasteiger partial charge < -0.3 is 9.84 Å². The summed E-state index contributed by atoms with van der Waals surface area (Å²) in [5, 5.41) is 9.12. The SMILES string of the molecule is COc1ccc(C2=C(SCCO)C(=O)N(c3cccc(C(F)(F)F)c3)C2=O)cc1. The van der Waals surface area contributed by atoms with Crippen molar-refractivity contribution in [2.75, 3.05) is 24.4 Å². The lowest BCUT2D eigenvalue weighted by Crippen LogP contribution is -2.31. The number of aliphatic hydroxyl groups is 1. The monoisotopic (exact) mass is 423 g/mol. The van der Waals surface area contributed by atoms with E-state index in [0.29, 0.717) is 11.3 Å². The summed E-state index contributed by atoms with van der Waals surface area (Å²) in [7, 11) is 1.48. The van der Waals surface area contributed by atoms with Gasteiger partial charge in [-0.2, -0.15) is 13.2 Å². The Bertz CT molecular complexity index is 970. The number of nitrogens with zero attached hydrogens (tertiary/aromatic N) is 1. The van der Waals surface area contributed by atoms with Crippen molar-refractivity contribution >= 4 is 34.8 Å². The van der Waals surface area contributed by atoms with E-state index in [4.69, 9.17) is 9.84 Å². The second-order valence-corrected chi connectivity index (χ2v) is 7.10. The van der Waals surface area contributed by atoms with Gasteiger partial charge in [0.25, 0.3) is 11.8 Å². The molecule has 1 heterocycles. The first kappa shape index (κ1) is 20.9. The number of carbonyl (C=O) groups excluding carboxylic acids is 2. The highest BCUT2D eigenvalue weighted by Crippen LogP contribution is 2.40. The number of carbonyl (C=O) groups is 2. The molecule has 0 aliphatic carbocycles. The summed E-state index contributed by atoms with van der Waals surface area (Å²) in [6.07, 6.45) is -4.61. The zero-order valence-corrected chi connectivity index (χ0v) is 16.0. The number of imide groups is 1. The number of ether oxygens (including phenoxy) is 1. The molecule has 0 unspecified atom stereocenters. The Hall–Kier alpha value is -2.78. The van der Waals surface area contributed by atoms with E-state index >= 15 is 0 Å². The fraction of sp³-hybridized carbons (Fsp3) is 0.200. The van der Waals surface area contributed by atoms with Crippen molar-refractivity contribution in [3.63, 3.8) is 0 Å². The maximum atomic E-state index is 13.1. The standard InChI is InChI=1S/C20H16F3NO4S/c1-28-15-7-5-12(6-8-15)16-17(29-10-9-25)19(27)24(18(16)26)14-4-2-3-13(11-14)20(21,22)23/h2-8,11,25H,9-10H2,1H3. The molecule has 0 saturated heterocycles. The van der Waals surface area contributed by atoms with Crippen LogP contribution in [0.25, 0.3) is 5.57 Å². The first-order valence-corrected chi connectivity index (χ1v) is 9.45. The molecule has 9 heteroatoms. The molecule has 29 heavy (non-hydrogen) atoms. The van der Waals surface area contributed by atoms with E-state index in [-0.39, 0.29) is 28.5 Å². The molecular weight excluding hydrogens is 407 g/mol. The molecule has 2 aromatic rings. The summed E-state index contributed by atoms with van der Waals surface area (Å²) in [6.45, 7) is -0.227. The summed E-state index contributed by atoms with van der Waals surface area (Å²) in [6, 6.07) is 10.5. The largest absolute Gasteiger partial charge is 0.497 e. The van der Waals surface area contributed by atoms with Crippen molar-refractivity contribution in [1.29, 1.82) is 0 Å². The van der Waals surface area contributed by atoms with Crippen LogP contribution in [0.2, 0.25) is 0 Å². The number of amides is 2. The molecule has 0 aromatic heterocycles. The molecule has 0 bridgehead atoms. The van der Waals surface area contributed by atoms with Gasteiger partial charge in [0.2, 0.25) is 0 Å². The Balaban J connectivity index is 2.06. The molecule has 152 valence electrons. The van der Waals surface area contributed by atoms with Gasteiger partial charge in [0, 0.05) is 5.75 Å². The Morgan fingerprint density at radius 2 is 1.76 bits per heavy atom. The smallest absolute Gasteiger partial charge is 0.416 e. The summed E-state index contributed by atoms with van der Waals surface area (Å²) in [5.74, 6) is -0.742. The van der Waals surface area contributed by atoms with Crippen LogP contribution in [0.3, 0.4) is 0 Å². The predicted molar refractivity (Wildman–Crippen MR) is 103 cm³/mol. The molecule has 0 fully saturated rings. The second kappa shape index (κ2) is 8.30. The van der Waals surface area contributed by atoms with Crippen LogP contribution in [-0.2, 0) is 15.8 Å². The topological polar surface area (TPSA) is 66.8 Å². The van der Waals surface area contributed by atoms with Crippen LogP contribution in [0.15, 0.2) is 53.4 Å². The van der Waals surface area contributed by atoms with Crippen LogP contribution in [0.1, 0.15) is 11.1 Å². The fourth-order valence-electron chi connectivity index (χ4n) is 2.86. The van der Waals surface area contributed by atoms with E-state index in [1.807, 2.05) is 0 Å². The molecule has 2 amide bonds. The number of aliphatic hydroxyl groups excluding tert-OH is 1. The number of hydrogen-bond acceptors (Lipinski definition) is 5. The lowest BCUT2D eigenvalue weighted by atomic mass is 10.1. The lowest BCUT2D eigenvalue weighted by Gasteiger charge is -2.17. The van der Waals surface area contributed by atoms with Gasteiger partial charge in [0.05, 0.1) is 35.4 Å². The molecule has 1 aliphatic heterocycles. The van der Waals surface area contributed by atoms with E-state index in [0.717, 1.165) is 34.9 Å². The molecule has 0 spiro atoms. The fourth-order valence-corrected chi connectivity index (χ4v) is 3.72. The molecule has 3 rings (SSSR count). The highest BCUT2D eigenvalue weighted by atomic mass is 32.2. The van der Waals surface area contributed by atoms with Crippen LogP contribution in [0, 0.1) is 0 Å². The number of alkyl halides is 3. The Kier molecular flexibility index (Phi) is 5.99. The summed E-state index contributed by atoms with van der Waals surface area (Å²) < 4.78 is 44.3. The van der Waals surface area contributed by atoms with Crippen LogP contribution in [-0.4, -0.2) is 36.4 Å². The van der Waals surface area contributed by atoms with Gasteiger partial charge >= 0.3 is 6.18 Å². The predicted octanol–water partition coefficient (Wildman–Crippen LogP) is 3.72. The first-order valence-electron chi connectivity index (χ1n) is 8.46. The average Bonchev–Trinajstić information content (AvgIpc) is 2.95.